The van der Waals surface area contributed by atoms with E-state index in [0.717, 1.165) is 36.7 Å². The van der Waals surface area contributed by atoms with Gasteiger partial charge in [0.2, 0.25) is 0 Å². The molecule has 2 heteroatoms. The Morgan fingerprint density at radius 3 is 2.08 bits per heavy atom. The molecule has 0 atom stereocenters. The minimum atomic E-state index is -0.812. The third-order valence-corrected chi connectivity index (χ3v) is 6.25. The van der Waals surface area contributed by atoms with Gasteiger partial charge in [-0.05, 0) is 74.5 Å². The highest BCUT2D eigenvalue weighted by molar-refractivity contribution is 5.35. The molecule has 2 saturated carbocycles. The summed E-state index contributed by atoms with van der Waals surface area (Å²) in [7, 11) is 0. The van der Waals surface area contributed by atoms with Crippen LogP contribution in [0.1, 0.15) is 70.3 Å². The van der Waals surface area contributed by atoms with Gasteiger partial charge in [0.15, 0.2) is 11.6 Å². The normalized spacial score (nSPS) is 30.5. The predicted molar refractivity (Wildman–Crippen MR) is 94.4 cm³/mol. The molecule has 130 valence electrons. The Labute approximate surface area is 145 Å². The second-order valence-electron chi connectivity index (χ2n) is 7.70. The summed E-state index contributed by atoms with van der Waals surface area (Å²) in [5.41, 5.74) is 0.578. The summed E-state index contributed by atoms with van der Waals surface area (Å²) in [5.74, 6) is 7.92. The third-order valence-electron chi connectivity index (χ3n) is 6.25. The molecule has 0 heterocycles. The van der Waals surface area contributed by atoms with Crippen molar-refractivity contribution in [3.8, 4) is 11.8 Å². The lowest BCUT2D eigenvalue weighted by Crippen LogP contribution is -2.25. The van der Waals surface area contributed by atoms with Gasteiger partial charge in [0.05, 0.1) is 0 Å². The summed E-state index contributed by atoms with van der Waals surface area (Å²) in [4.78, 5) is 0. The Morgan fingerprint density at radius 2 is 1.50 bits per heavy atom. The first-order chi connectivity index (χ1) is 11.7. The highest BCUT2D eigenvalue weighted by atomic mass is 19.2. The largest absolute Gasteiger partial charge is 0.204 e. The summed E-state index contributed by atoms with van der Waals surface area (Å²) >= 11 is 0. The van der Waals surface area contributed by atoms with Crippen LogP contribution in [0.15, 0.2) is 18.2 Å². The van der Waals surface area contributed by atoms with Crippen LogP contribution in [0.5, 0.6) is 0 Å². The third kappa shape index (κ3) is 4.38. The molecule has 0 unspecified atom stereocenters. The summed E-state index contributed by atoms with van der Waals surface area (Å²) < 4.78 is 26.1. The molecule has 0 nitrogen and oxygen atoms in total. The second kappa shape index (κ2) is 8.15. The Hall–Kier alpha value is -1.36. The Balaban J connectivity index is 1.49. The van der Waals surface area contributed by atoms with Crippen LogP contribution in [0.3, 0.4) is 0 Å². The number of benzene rings is 1. The summed E-state index contributed by atoms with van der Waals surface area (Å²) in [6.45, 7) is 2.32. The van der Waals surface area contributed by atoms with E-state index in [1.807, 2.05) is 0 Å². The smallest absolute Gasteiger partial charge is 0.160 e. The first-order valence-corrected chi connectivity index (χ1v) is 9.62. The van der Waals surface area contributed by atoms with Crippen LogP contribution in [0, 0.1) is 47.1 Å². The maximum absolute atomic E-state index is 13.2. The SMILES string of the molecule is CC[C@H]1CC[C@H]([C@H]2CC[C@H](C#Cc3ccc(F)c(F)c3)CC2)CC1. The number of hydrogen-bond acceptors (Lipinski definition) is 0. The zero-order valence-electron chi connectivity index (χ0n) is 14.7. The summed E-state index contributed by atoms with van der Waals surface area (Å²) in [6.07, 6.45) is 12.0. The van der Waals surface area contributed by atoms with Gasteiger partial charge >= 0.3 is 0 Å². The fraction of sp³-hybridized carbons (Fsp3) is 0.636. The van der Waals surface area contributed by atoms with E-state index in [0.29, 0.717) is 11.5 Å². The minimum Gasteiger partial charge on any atom is -0.204 e. The van der Waals surface area contributed by atoms with E-state index < -0.39 is 11.6 Å². The van der Waals surface area contributed by atoms with Gasteiger partial charge in [-0.1, -0.05) is 38.0 Å². The van der Waals surface area contributed by atoms with Crippen molar-refractivity contribution in [1.82, 2.24) is 0 Å². The molecule has 0 amide bonds. The molecule has 2 aliphatic carbocycles. The topological polar surface area (TPSA) is 0 Å². The molecule has 0 aromatic heterocycles. The number of hydrogen-bond donors (Lipinski definition) is 0. The van der Waals surface area contributed by atoms with E-state index in [2.05, 4.69) is 18.8 Å². The maximum atomic E-state index is 13.2. The van der Waals surface area contributed by atoms with Crippen LogP contribution < -0.4 is 0 Å². The zero-order valence-corrected chi connectivity index (χ0v) is 14.7. The zero-order chi connectivity index (χ0) is 16.9. The molecule has 0 bridgehead atoms. The van der Waals surface area contributed by atoms with E-state index in [9.17, 15) is 8.78 Å². The fourth-order valence-electron chi connectivity index (χ4n) is 4.56. The van der Waals surface area contributed by atoms with Crippen molar-refractivity contribution in [2.75, 3.05) is 0 Å². The van der Waals surface area contributed by atoms with Crippen molar-refractivity contribution >= 4 is 0 Å². The average Bonchev–Trinajstić information content (AvgIpc) is 2.63. The molecule has 1 aromatic rings. The molecule has 0 spiro atoms. The lowest BCUT2D eigenvalue weighted by atomic mass is 9.69. The van der Waals surface area contributed by atoms with Gasteiger partial charge in [0.25, 0.3) is 0 Å². The molecule has 0 radical (unpaired) electrons. The molecular weight excluding hydrogens is 302 g/mol. The highest BCUT2D eigenvalue weighted by Crippen LogP contribution is 2.41. The van der Waals surface area contributed by atoms with E-state index >= 15 is 0 Å². The van der Waals surface area contributed by atoms with Gasteiger partial charge < -0.3 is 0 Å². The van der Waals surface area contributed by atoms with Gasteiger partial charge in [-0.3, -0.25) is 0 Å². The predicted octanol–water partition coefficient (Wildman–Crippen LogP) is 6.34. The van der Waals surface area contributed by atoms with Crippen molar-refractivity contribution in [3.05, 3.63) is 35.4 Å². The summed E-state index contributed by atoms with van der Waals surface area (Å²) in [5, 5.41) is 0. The van der Waals surface area contributed by atoms with E-state index in [4.69, 9.17) is 0 Å². The maximum Gasteiger partial charge on any atom is 0.160 e. The molecule has 0 saturated heterocycles. The summed E-state index contributed by atoms with van der Waals surface area (Å²) in [6, 6.07) is 3.91. The molecule has 0 N–H and O–H groups in total. The Morgan fingerprint density at radius 1 is 0.875 bits per heavy atom. The lowest BCUT2D eigenvalue weighted by Gasteiger charge is -2.36. The lowest BCUT2D eigenvalue weighted by molar-refractivity contribution is 0.156. The van der Waals surface area contributed by atoms with Crippen LogP contribution in [0.4, 0.5) is 8.78 Å². The first kappa shape index (κ1) is 17.5. The second-order valence-corrected chi connectivity index (χ2v) is 7.70. The van der Waals surface area contributed by atoms with E-state index in [-0.39, 0.29) is 0 Å². The van der Waals surface area contributed by atoms with Crippen LogP contribution in [-0.2, 0) is 0 Å². The first-order valence-electron chi connectivity index (χ1n) is 9.62. The van der Waals surface area contributed by atoms with Gasteiger partial charge in [-0.25, -0.2) is 8.78 Å². The van der Waals surface area contributed by atoms with Crippen LogP contribution in [0.2, 0.25) is 0 Å². The van der Waals surface area contributed by atoms with E-state index in [1.54, 1.807) is 6.07 Å². The van der Waals surface area contributed by atoms with Crippen molar-refractivity contribution in [3.63, 3.8) is 0 Å². The molecule has 3 rings (SSSR count). The molecule has 0 aliphatic heterocycles. The van der Waals surface area contributed by atoms with Crippen LogP contribution in [-0.4, -0.2) is 0 Å². The highest BCUT2D eigenvalue weighted by Gasteiger charge is 2.29. The molecular formula is C22H28F2. The molecule has 24 heavy (non-hydrogen) atoms. The van der Waals surface area contributed by atoms with Gasteiger partial charge in [0.1, 0.15) is 0 Å². The average molecular weight is 330 g/mol. The van der Waals surface area contributed by atoms with Gasteiger partial charge in [-0.2, -0.15) is 0 Å². The monoisotopic (exact) mass is 330 g/mol. The van der Waals surface area contributed by atoms with Crippen LogP contribution in [0.25, 0.3) is 0 Å². The van der Waals surface area contributed by atoms with Crippen molar-refractivity contribution in [1.29, 1.82) is 0 Å². The fourth-order valence-corrected chi connectivity index (χ4v) is 4.56. The van der Waals surface area contributed by atoms with Crippen molar-refractivity contribution in [2.24, 2.45) is 23.7 Å². The Kier molecular flexibility index (Phi) is 5.93. The number of rotatable bonds is 2. The molecule has 2 fully saturated rings. The standard InChI is InChI=1S/C22H28F2/c1-2-16-5-10-19(11-6-16)20-12-7-17(8-13-20)3-4-18-9-14-21(23)22(24)15-18/h9,14-17,19-20H,2,5-8,10-13H2,1H3/t16-,17-,19-,20-. The Bertz CT molecular complexity index is 594. The quantitative estimate of drug-likeness (QED) is 0.555. The van der Waals surface area contributed by atoms with Gasteiger partial charge in [0, 0.05) is 11.5 Å². The van der Waals surface area contributed by atoms with Gasteiger partial charge in [-0.15, -0.1) is 0 Å². The number of halogens is 2. The minimum absolute atomic E-state index is 0.418. The van der Waals surface area contributed by atoms with Crippen molar-refractivity contribution < 1.29 is 8.78 Å². The molecule has 1 aromatic carbocycles. The van der Waals surface area contributed by atoms with E-state index in [1.165, 1.54) is 51.0 Å². The molecule has 2 aliphatic rings. The van der Waals surface area contributed by atoms with Crippen LogP contribution >= 0.6 is 0 Å². The van der Waals surface area contributed by atoms with Crippen molar-refractivity contribution in [2.45, 2.75) is 64.7 Å².